The standard InChI is InChI=1S/C19H18N6O2/c1-19(2,3)17-20-13(10-15(27)25-18(21-17)22-23-24-25)16-12-7-5-4-6-11(12)8-9-14(16)26/h4-10,27H,1-3H3,(H,20,21,22,24)/b15-10?,16-13+. The van der Waals surface area contributed by atoms with Gasteiger partial charge in [-0.25, -0.2) is 0 Å². The molecule has 2 heterocycles. The van der Waals surface area contributed by atoms with Gasteiger partial charge in [0, 0.05) is 11.5 Å². The van der Waals surface area contributed by atoms with Gasteiger partial charge in [0.1, 0.15) is 5.82 Å². The molecule has 0 radical (unpaired) electrons. The van der Waals surface area contributed by atoms with E-state index < -0.39 is 0 Å². The Labute approximate surface area is 154 Å². The van der Waals surface area contributed by atoms with Gasteiger partial charge in [0.15, 0.2) is 5.78 Å². The first-order chi connectivity index (χ1) is 12.8. The number of fused-ring (bicyclic) bond motifs is 2. The molecule has 0 unspecified atom stereocenters. The number of benzene rings is 1. The molecule has 0 spiro atoms. The average molecular weight is 362 g/mol. The van der Waals surface area contributed by atoms with E-state index in [0.29, 0.717) is 16.7 Å². The molecule has 1 aliphatic carbocycles. The second kappa shape index (κ2) is 6.01. The molecule has 0 saturated heterocycles. The van der Waals surface area contributed by atoms with Crippen LogP contribution in [0.2, 0.25) is 0 Å². The van der Waals surface area contributed by atoms with E-state index in [0.717, 1.165) is 15.6 Å². The monoisotopic (exact) mass is 362 g/mol. The van der Waals surface area contributed by atoms with Crippen molar-refractivity contribution in [2.45, 2.75) is 26.2 Å². The van der Waals surface area contributed by atoms with Crippen LogP contribution >= 0.6 is 0 Å². The van der Waals surface area contributed by atoms with Gasteiger partial charge >= 0.3 is 0 Å². The molecule has 0 bridgehead atoms. The van der Waals surface area contributed by atoms with Gasteiger partial charge in [0.25, 0.3) is 5.78 Å². The number of ketones is 1. The van der Waals surface area contributed by atoms with Crippen molar-refractivity contribution in [2.24, 2.45) is 0 Å². The third kappa shape index (κ3) is 2.95. The van der Waals surface area contributed by atoms with E-state index in [2.05, 4.69) is 25.5 Å². The van der Waals surface area contributed by atoms with E-state index >= 15 is 0 Å². The van der Waals surface area contributed by atoms with E-state index in [9.17, 15) is 9.90 Å². The second-order valence-electron chi connectivity index (χ2n) is 7.30. The summed E-state index contributed by atoms with van der Waals surface area (Å²) in [7, 11) is 0. The predicted octanol–water partition coefficient (Wildman–Crippen LogP) is 1.49. The minimum atomic E-state index is -0.379. The van der Waals surface area contributed by atoms with Gasteiger partial charge in [-0.2, -0.15) is 4.98 Å². The molecule has 0 atom stereocenters. The van der Waals surface area contributed by atoms with E-state index in [4.69, 9.17) is 0 Å². The first kappa shape index (κ1) is 16.9. The number of nitrogens with zero attached hydrogens (tertiary/aromatic N) is 5. The molecule has 8 heteroatoms. The number of carbonyl (C=O) groups excluding carboxylic acids is 1. The minimum absolute atomic E-state index is 0.153. The number of aromatic nitrogens is 6. The Kier molecular flexibility index (Phi) is 3.76. The summed E-state index contributed by atoms with van der Waals surface area (Å²) in [6.07, 6.45) is 3.30. The van der Waals surface area contributed by atoms with E-state index in [1.54, 1.807) is 6.08 Å². The van der Waals surface area contributed by atoms with Gasteiger partial charge < -0.3 is 10.1 Å². The molecule has 4 rings (SSSR count). The third-order valence-corrected chi connectivity index (χ3v) is 4.28. The Bertz CT molecular complexity index is 1190. The summed E-state index contributed by atoms with van der Waals surface area (Å²) < 4.78 is 1.13. The van der Waals surface area contributed by atoms with Crippen molar-refractivity contribution < 1.29 is 9.90 Å². The van der Waals surface area contributed by atoms with Crippen molar-refractivity contribution in [1.29, 1.82) is 0 Å². The van der Waals surface area contributed by atoms with Crippen LogP contribution in [0, 0.1) is 0 Å². The molecule has 3 aromatic rings. The molecule has 1 aliphatic rings. The van der Waals surface area contributed by atoms with Crippen LogP contribution in [0.15, 0.2) is 36.4 Å². The molecule has 0 fully saturated rings. The quantitative estimate of drug-likeness (QED) is 0.627. The number of aromatic amines is 1. The van der Waals surface area contributed by atoms with Crippen LogP contribution in [0.4, 0.5) is 0 Å². The third-order valence-electron chi connectivity index (χ3n) is 4.28. The maximum absolute atomic E-state index is 12.7. The largest absolute Gasteiger partial charge is 0.493 e. The fourth-order valence-electron chi connectivity index (χ4n) is 2.90. The first-order valence-electron chi connectivity index (χ1n) is 8.46. The molecule has 2 aromatic heterocycles. The molecule has 1 aromatic carbocycles. The Morgan fingerprint density at radius 3 is 2.70 bits per heavy atom. The zero-order valence-electron chi connectivity index (χ0n) is 15.1. The zero-order chi connectivity index (χ0) is 19.2. The average Bonchev–Trinajstić information content (AvgIpc) is 3.06. The van der Waals surface area contributed by atoms with Crippen molar-refractivity contribution in [3.05, 3.63) is 58.7 Å². The highest BCUT2D eigenvalue weighted by molar-refractivity contribution is 6.29. The molecular weight excluding hydrogens is 344 g/mol. The lowest BCUT2D eigenvalue weighted by Gasteiger charge is -2.17. The predicted molar refractivity (Wildman–Crippen MR) is 99.1 cm³/mol. The lowest BCUT2D eigenvalue weighted by molar-refractivity contribution is -0.109. The summed E-state index contributed by atoms with van der Waals surface area (Å²) in [6, 6.07) is 9.04. The van der Waals surface area contributed by atoms with Crippen molar-refractivity contribution in [3.63, 3.8) is 0 Å². The molecule has 0 amide bonds. The molecular formula is C19H18N6O2. The number of carbonyl (C=O) groups is 1. The van der Waals surface area contributed by atoms with Crippen LogP contribution in [0.5, 0.6) is 5.88 Å². The molecule has 0 saturated carbocycles. The van der Waals surface area contributed by atoms with Gasteiger partial charge in [0.05, 0.1) is 10.9 Å². The van der Waals surface area contributed by atoms with Gasteiger partial charge in [-0.1, -0.05) is 56.2 Å². The number of aromatic hydroxyl groups is 1. The summed E-state index contributed by atoms with van der Waals surface area (Å²) in [5, 5.41) is 22.1. The summed E-state index contributed by atoms with van der Waals surface area (Å²) >= 11 is 0. The van der Waals surface area contributed by atoms with Crippen LogP contribution in [-0.4, -0.2) is 40.9 Å². The number of hydrogen-bond acceptors (Lipinski definition) is 6. The van der Waals surface area contributed by atoms with E-state index in [-0.39, 0.29) is 22.9 Å². The van der Waals surface area contributed by atoms with Crippen molar-refractivity contribution >= 4 is 23.2 Å². The highest BCUT2D eigenvalue weighted by atomic mass is 16.3. The SMILES string of the molecule is CC(C)(C)c1nc2nnnn2c(O)c/c(=C2\C(=O)C=Cc3ccccc32)[nH]1. The van der Waals surface area contributed by atoms with Crippen LogP contribution in [0.25, 0.3) is 17.4 Å². The number of hydrogen-bond donors (Lipinski definition) is 2. The number of allylic oxidation sites excluding steroid dienone is 1. The lowest BCUT2D eigenvalue weighted by atomic mass is 9.91. The second-order valence-corrected chi connectivity index (χ2v) is 7.30. The maximum atomic E-state index is 12.7. The van der Waals surface area contributed by atoms with E-state index in [1.165, 1.54) is 12.1 Å². The van der Waals surface area contributed by atoms with Gasteiger partial charge in [0.2, 0.25) is 5.88 Å². The number of tetrazole rings is 1. The Morgan fingerprint density at radius 2 is 1.93 bits per heavy atom. The molecule has 136 valence electrons. The molecule has 2 N–H and O–H groups in total. The number of nitrogens with one attached hydrogen (secondary N) is 1. The Balaban J connectivity index is 2.21. The Hall–Kier alpha value is -3.55. The first-order valence-corrected chi connectivity index (χ1v) is 8.46. The number of H-pyrrole nitrogens is 1. The molecule has 8 nitrogen and oxygen atoms in total. The van der Waals surface area contributed by atoms with E-state index in [1.807, 2.05) is 45.0 Å². The summed E-state index contributed by atoms with van der Waals surface area (Å²) in [4.78, 5) is 20.4. The normalized spacial score (nSPS) is 15.7. The summed E-state index contributed by atoms with van der Waals surface area (Å²) in [6.45, 7) is 5.95. The summed E-state index contributed by atoms with van der Waals surface area (Å²) in [5.41, 5.74) is 1.78. The Morgan fingerprint density at radius 1 is 1.15 bits per heavy atom. The van der Waals surface area contributed by atoms with Crippen LogP contribution in [0.3, 0.4) is 0 Å². The van der Waals surface area contributed by atoms with Crippen molar-refractivity contribution in [3.8, 4) is 5.88 Å². The number of rotatable bonds is 0. The van der Waals surface area contributed by atoms with Crippen LogP contribution < -0.4 is 5.35 Å². The highest BCUT2D eigenvalue weighted by Crippen LogP contribution is 2.24. The lowest BCUT2D eigenvalue weighted by Crippen LogP contribution is -2.25. The minimum Gasteiger partial charge on any atom is -0.493 e. The molecule has 0 aliphatic heterocycles. The molecule has 27 heavy (non-hydrogen) atoms. The zero-order valence-corrected chi connectivity index (χ0v) is 15.1. The fraction of sp³-hybridized carbons (Fsp3) is 0.211. The van der Waals surface area contributed by atoms with Crippen molar-refractivity contribution in [2.75, 3.05) is 0 Å². The smallest absolute Gasteiger partial charge is 0.278 e. The topological polar surface area (TPSA) is 109 Å². The van der Waals surface area contributed by atoms with Crippen LogP contribution in [0.1, 0.15) is 37.7 Å². The van der Waals surface area contributed by atoms with Gasteiger partial charge in [-0.05, 0) is 27.6 Å². The fourth-order valence-corrected chi connectivity index (χ4v) is 2.90. The van der Waals surface area contributed by atoms with Crippen molar-refractivity contribution in [1.82, 2.24) is 30.0 Å². The highest BCUT2D eigenvalue weighted by Gasteiger charge is 2.21. The van der Waals surface area contributed by atoms with Gasteiger partial charge in [-0.3, -0.25) is 4.79 Å². The summed E-state index contributed by atoms with van der Waals surface area (Å²) in [5.74, 6) is 0.331. The van der Waals surface area contributed by atoms with Gasteiger partial charge in [-0.15, -0.1) is 4.52 Å². The van der Waals surface area contributed by atoms with Crippen LogP contribution in [-0.2, 0) is 10.2 Å². The maximum Gasteiger partial charge on any atom is 0.278 e.